The van der Waals surface area contributed by atoms with E-state index >= 15 is 0 Å². The van der Waals surface area contributed by atoms with Crippen molar-refractivity contribution < 1.29 is 12.8 Å². The molecule has 0 N–H and O–H groups in total. The van der Waals surface area contributed by atoms with Gasteiger partial charge in [-0.1, -0.05) is 11.6 Å². The van der Waals surface area contributed by atoms with Crippen molar-refractivity contribution in [1.82, 2.24) is 13.8 Å². The second kappa shape index (κ2) is 5.69. The van der Waals surface area contributed by atoms with Crippen LogP contribution < -0.4 is 5.76 Å². The average Bonchev–Trinajstić information content (AvgIpc) is 2.75. The third-order valence-electron chi connectivity index (χ3n) is 3.77. The van der Waals surface area contributed by atoms with E-state index in [0.717, 1.165) is 0 Å². The number of oxazole rings is 1. The van der Waals surface area contributed by atoms with Crippen LogP contribution in [0.1, 0.15) is 0 Å². The molecule has 9 heteroatoms. The van der Waals surface area contributed by atoms with E-state index in [1.165, 1.54) is 15.1 Å². The van der Waals surface area contributed by atoms with E-state index in [1.807, 2.05) is 4.90 Å². The summed E-state index contributed by atoms with van der Waals surface area (Å²) in [5.41, 5.74) is 1.13. The van der Waals surface area contributed by atoms with Gasteiger partial charge in [0.05, 0.1) is 18.4 Å². The number of aromatic nitrogens is 1. The lowest BCUT2D eigenvalue weighted by atomic mass is 10.3. The van der Waals surface area contributed by atoms with Crippen LogP contribution in [0.4, 0.5) is 0 Å². The Bertz CT molecular complexity index is 850. The summed E-state index contributed by atoms with van der Waals surface area (Å²) < 4.78 is 31.1. The molecule has 22 heavy (non-hydrogen) atoms. The fourth-order valence-electron chi connectivity index (χ4n) is 2.57. The van der Waals surface area contributed by atoms with Crippen molar-refractivity contribution in [3.8, 4) is 0 Å². The molecule has 1 aromatic carbocycles. The summed E-state index contributed by atoms with van der Waals surface area (Å²) in [6, 6.07) is 5.02. The Labute approximate surface area is 132 Å². The van der Waals surface area contributed by atoms with Gasteiger partial charge in [-0.3, -0.25) is 9.47 Å². The maximum Gasteiger partial charge on any atom is 0.421 e. The minimum atomic E-state index is -3.16. The first-order valence-corrected chi connectivity index (χ1v) is 9.03. The van der Waals surface area contributed by atoms with E-state index in [2.05, 4.69) is 0 Å². The largest absolute Gasteiger partial charge is 0.421 e. The smallest absolute Gasteiger partial charge is 0.408 e. The number of hydrogen-bond donors (Lipinski definition) is 0. The third-order valence-corrected chi connectivity index (χ3v) is 5.31. The van der Waals surface area contributed by atoms with Crippen LogP contribution in [0.5, 0.6) is 0 Å². The van der Waals surface area contributed by atoms with E-state index in [0.29, 0.717) is 49.0 Å². The predicted octanol–water partition coefficient (Wildman–Crippen LogP) is 0.783. The van der Waals surface area contributed by atoms with Gasteiger partial charge >= 0.3 is 5.76 Å². The summed E-state index contributed by atoms with van der Waals surface area (Å²) in [6.45, 7) is 2.32. The summed E-state index contributed by atoms with van der Waals surface area (Å²) in [6.07, 6.45) is 1.21. The maximum atomic E-state index is 12.0. The number of nitrogens with zero attached hydrogens (tertiary/aromatic N) is 3. The number of piperazine rings is 1. The molecular formula is C13H16ClN3O4S. The number of rotatable bonds is 3. The number of sulfonamides is 1. The fourth-order valence-corrected chi connectivity index (χ4v) is 3.56. The van der Waals surface area contributed by atoms with Crippen molar-refractivity contribution >= 4 is 32.7 Å². The van der Waals surface area contributed by atoms with Crippen LogP contribution in [0, 0.1) is 0 Å². The fraction of sp³-hybridized carbons (Fsp3) is 0.462. The van der Waals surface area contributed by atoms with Crippen molar-refractivity contribution in [3.05, 3.63) is 33.8 Å². The van der Waals surface area contributed by atoms with Gasteiger partial charge in [-0.05, 0) is 18.2 Å². The molecule has 1 aliphatic rings. The summed E-state index contributed by atoms with van der Waals surface area (Å²) in [5.74, 6) is -0.442. The second-order valence-electron chi connectivity index (χ2n) is 5.33. The maximum absolute atomic E-state index is 12.0. The molecule has 2 heterocycles. The molecule has 0 spiro atoms. The van der Waals surface area contributed by atoms with Crippen molar-refractivity contribution in [2.24, 2.45) is 0 Å². The number of halogens is 1. The van der Waals surface area contributed by atoms with Crippen LogP contribution in [-0.4, -0.2) is 54.6 Å². The molecule has 120 valence electrons. The normalized spacial score (nSPS) is 18.1. The van der Waals surface area contributed by atoms with Gasteiger partial charge in [-0.25, -0.2) is 13.2 Å². The van der Waals surface area contributed by atoms with Crippen LogP contribution >= 0.6 is 11.6 Å². The van der Waals surface area contributed by atoms with Crippen LogP contribution in [0.25, 0.3) is 11.1 Å². The van der Waals surface area contributed by atoms with E-state index in [1.54, 1.807) is 18.2 Å². The minimum Gasteiger partial charge on any atom is -0.408 e. The first kappa shape index (κ1) is 15.5. The van der Waals surface area contributed by atoms with E-state index in [9.17, 15) is 13.2 Å². The first-order chi connectivity index (χ1) is 10.3. The summed E-state index contributed by atoms with van der Waals surface area (Å²) in [5, 5.41) is 0.531. The van der Waals surface area contributed by atoms with E-state index < -0.39 is 15.8 Å². The van der Waals surface area contributed by atoms with Crippen molar-refractivity contribution in [1.29, 1.82) is 0 Å². The van der Waals surface area contributed by atoms with Gasteiger partial charge in [-0.15, -0.1) is 0 Å². The third kappa shape index (κ3) is 3.05. The van der Waals surface area contributed by atoms with Gasteiger partial charge < -0.3 is 4.42 Å². The van der Waals surface area contributed by atoms with E-state index in [-0.39, 0.29) is 0 Å². The molecule has 0 unspecified atom stereocenters. The lowest BCUT2D eigenvalue weighted by molar-refractivity contribution is 0.150. The first-order valence-electron chi connectivity index (χ1n) is 6.81. The van der Waals surface area contributed by atoms with Crippen molar-refractivity contribution in [2.45, 2.75) is 6.67 Å². The lowest BCUT2D eigenvalue weighted by Crippen LogP contribution is -2.49. The quantitative estimate of drug-likeness (QED) is 0.821. The molecule has 0 amide bonds. The molecule has 0 saturated carbocycles. The van der Waals surface area contributed by atoms with Crippen LogP contribution in [0.2, 0.25) is 5.02 Å². The van der Waals surface area contributed by atoms with E-state index in [4.69, 9.17) is 16.0 Å². The van der Waals surface area contributed by atoms with Gasteiger partial charge in [0, 0.05) is 31.2 Å². The minimum absolute atomic E-state index is 0.351. The lowest BCUT2D eigenvalue weighted by Gasteiger charge is -2.33. The molecule has 3 rings (SSSR count). The Morgan fingerprint density at radius 1 is 1.23 bits per heavy atom. The molecule has 1 fully saturated rings. The summed E-state index contributed by atoms with van der Waals surface area (Å²) in [7, 11) is -3.16. The van der Waals surface area contributed by atoms with Gasteiger partial charge in [0.1, 0.15) is 0 Å². The Hall–Kier alpha value is -1.35. The van der Waals surface area contributed by atoms with Gasteiger partial charge in [0.15, 0.2) is 5.58 Å². The van der Waals surface area contributed by atoms with Gasteiger partial charge in [-0.2, -0.15) is 4.31 Å². The highest BCUT2D eigenvalue weighted by Gasteiger charge is 2.24. The Morgan fingerprint density at radius 2 is 1.91 bits per heavy atom. The molecular weight excluding hydrogens is 330 g/mol. The van der Waals surface area contributed by atoms with Gasteiger partial charge in [0.25, 0.3) is 0 Å². The molecule has 1 saturated heterocycles. The molecule has 0 radical (unpaired) electrons. The molecule has 7 nitrogen and oxygen atoms in total. The number of hydrogen-bond acceptors (Lipinski definition) is 5. The average molecular weight is 346 g/mol. The summed E-state index contributed by atoms with van der Waals surface area (Å²) in [4.78, 5) is 14.0. The number of benzene rings is 1. The molecule has 0 bridgehead atoms. The topological polar surface area (TPSA) is 75.8 Å². The zero-order chi connectivity index (χ0) is 15.9. The van der Waals surface area contributed by atoms with Crippen LogP contribution in [-0.2, 0) is 16.7 Å². The molecule has 0 aliphatic carbocycles. The van der Waals surface area contributed by atoms with Crippen LogP contribution in [0.15, 0.2) is 27.4 Å². The van der Waals surface area contributed by atoms with Crippen molar-refractivity contribution in [3.63, 3.8) is 0 Å². The molecule has 1 aromatic heterocycles. The Morgan fingerprint density at radius 3 is 2.55 bits per heavy atom. The predicted molar refractivity (Wildman–Crippen MR) is 83.5 cm³/mol. The highest BCUT2D eigenvalue weighted by atomic mass is 35.5. The highest BCUT2D eigenvalue weighted by Crippen LogP contribution is 2.19. The van der Waals surface area contributed by atoms with Crippen molar-refractivity contribution in [2.75, 3.05) is 32.4 Å². The van der Waals surface area contributed by atoms with Crippen LogP contribution in [0.3, 0.4) is 0 Å². The standard InChI is InChI=1S/C13H16ClN3O4S/c1-22(19,20)16-6-4-15(5-7-16)9-17-11-8-10(14)2-3-12(11)21-13(17)18/h2-3,8H,4-7,9H2,1H3. The second-order valence-corrected chi connectivity index (χ2v) is 7.75. The SMILES string of the molecule is CS(=O)(=O)N1CCN(Cn2c(=O)oc3ccc(Cl)cc32)CC1. The Balaban J connectivity index is 1.79. The highest BCUT2D eigenvalue weighted by molar-refractivity contribution is 7.88. The zero-order valence-corrected chi connectivity index (χ0v) is 13.6. The monoisotopic (exact) mass is 345 g/mol. The molecule has 0 atom stereocenters. The molecule has 1 aliphatic heterocycles. The number of fused-ring (bicyclic) bond motifs is 1. The molecule has 2 aromatic rings. The van der Waals surface area contributed by atoms with Gasteiger partial charge in [0.2, 0.25) is 10.0 Å². The summed E-state index contributed by atoms with van der Waals surface area (Å²) >= 11 is 5.97. The Kier molecular flexibility index (Phi) is 4.02. The zero-order valence-electron chi connectivity index (χ0n) is 12.0.